The predicted octanol–water partition coefficient (Wildman–Crippen LogP) is 0.362. The van der Waals surface area contributed by atoms with Crippen LogP contribution in [0.3, 0.4) is 0 Å². The number of aliphatic hydroxyl groups is 2. The molecule has 82 valence electrons. The summed E-state index contributed by atoms with van der Waals surface area (Å²) in [6.45, 7) is 0. The van der Waals surface area contributed by atoms with Crippen molar-refractivity contribution in [2.45, 2.75) is 31.1 Å². The molecule has 3 atom stereocenters. The molecule has 1 saturated carbocycles. The Morgan fingerprint density at radius 3 is 2.80 bits per heavy atom. The van der Waals surface area contributed by atoms with Crippen LogP contribution in [-0.2, 0) is 0 Å². The molecule has 1 aromatic rings. The molecular weight excluding hydrogens is 214 g/mol. The molecule has 0 aromatic carbocycles. The summed E-state index contributed by atoms with van der Waals surface area (Å²) in [7, 11) is 0. The van der Waals surface area contributed by atoms with Crippen molar-refractivity contribution in [1.29, 1.82) is 0 Å². The summed E-state index contributed by atoms with van der Waals surface area (Å²) >= 11 is 1.45. The van der Waals surface area contributed by atoms with Gasteiger partial charge in [-0.15, -0.1) is 0 Å². The number of aliphatic hydroxyl groups excluding tert-OH is 2. The van der Waals surface area contributed by atoms with Crippen LogP contribution in [0.5, 0.6) is 0 Å². The summed E-state index contributed by atoms with van der Waals surface area (Å²) in [5.74, 6) is -0.186. The van der Waals surface area contributed by atoms with Gasteiger partial charge in [-0.25, -0.2) is 0 Å². The lowest BCUT2D eigenvalue weighted by atomic mass is 10.2. The van der Waals surface area contributed by atoms with Gasteiger partial charge >= 0.3 is 0 Å². The molecule has 0 spiro atoms. The minimum absolute atomic E-state index is 0.186. The number of hydrogen-bond acceptors (Lipinski definition) is 4. The van der Waals surface area contributed by atoms with Crippen LogP contribution in [0.1, 0.15) is 23.2 Å². The molecule has 0 radical (unpaired) electrons. The number of nitrogens with one attached hydrogen (secondary N) is 1. The van der Waals surface area contributed by atoms with Crippen molar-refractivity contribution >= 4 is 17.2 Å². The Morgan fingerprint density at radius 1 is 1.47 bits per heavy atom. The lowest BCUT2D eigenvalue weighted by Crippen LogP contribution is -2.42. The van der Waals surface area contributed by atoms with E-state index in [0.717, 1.165) is 0 Å². The van der Waals surface area contributed by atoms with E-state index in [1.165, 1.54) is 11.3 Å². The van der Waals surface area contributed by atoms with Crippen molar-refractivity contribution in [3.05, 3.63) is 22.4 Å². The van der Waals surface area contributed by atoms with E-state index in [-0.39, 0.29) is 11.9 Å². The van der Waals surface area contributed by atoms with E-state index in [1.807, 2.05) is 5.38 Å². The van der Waals surface area contributed by atoms with Crippen LogP contribution in [0.2, 0.25) is 0 Å². The molecule has 1 amide bonds. The van der Waals surface area contributed by atoms with E-state index < -0.39 is 12.2 Å². The maximum absolute atomic E-state index is 11.6. The summed E-state index contributed by atoms with van der Waals surface area (Å²) in [5.41, 5.74) is 0.605. The van der Waals surface area contributed by atoms with Gasteiger partial charge in [0.05, 0.1) is 12.1 Å². The Labute approximate surface area is 91.6 Å². The first-order chi connectivity index (χ1) is 7.18. The van der Waals surface area contributed by atoms with E-state index in [4.69, 9.17) is 0 Å². The van der Waals surface area contributed by atoms with Crippen molar-refractivity contribution in [3.8, 4) is 0 Å². The maximum atomic E-state index is 11.6. The summed E-state index contributed by atoms with van der Waals surface area (Å²) < 4.78 is 0. The minimum atomic E-state index is -0.840. The second-order valence-electron chi connectivity index (χ2n) is 3.73. The quantitative estimate of drug-likeness (QED) is 0.683. The molecule has 15 heavy (non-hydrogen) atoms. The van der Waals surface area contributed by atoms with Gasteiger partial charge in [-0.1, -0.05) is 0 Å². The highest BCUT2D eigenvalue weighted by atomic mass is 32.1. The summed E-state index contributed by atoms with van der Waals surface area (Å²) in [6.07, 6.45) is -0.390. The molecule has 2 rings (SSSR count). The molecule has 1 aliphatic carbocycles. The second kappa shape index (κ2) is 4.30. The second-order valence-corrected chi connectivity index (χ2v) is 4.51. The molecule has 1 aromatic heterocycles. The predicted molar refractivity (Wildman–Crippen MR) is 56.8 cm³/mol. The number of carbonyl (C=O) groups is 1. The Balaban J connectivity index is 1.95. The average Bonchev–Trinajstić information content (AvgIpc) is 2.83. The number of carbonyl (C=O) groups excluding carboxylic acids is 1. The monoisotopic (exact) mass is 227 g/mol. The molecule has 1 heterocycles. The molecule has 0 unspecified atom stereocenters. The fourth-order valence-corrected chi connectivity index (χ4v) is 2.40. The molecule has 4 nitrogen and oxygen atoms in total. The molecule has 0 saturated heterocycles. The van der Waals surface area contributed by atoms with Gasteiger partial charge in [0.25, 0.3) is 5.91 Å². The molecule has 1 fully saturated rings. The average molecular weight is 227 g/mol. The van der Waals surface area contributed by atoms with Crippen LogP contribution in [0.4, 0.5) is 0 Å². The van der Waals surface area contributed by atoms with E-state index in [9.17, 15) is 15.0 Å². The standard InChI is InChI=1S/C10H13NO3S/c12-8-2-1-7(9(8)13)11-10(14)6-3-4-15-5-6/h3-5,7-9,12-13H,1-2H2,(H,11,14)/t7-,8-,9-/m1/s1. The van der Waals surface area contributed by atoms with E-state index in [2.05, 4.69) is 5.32 Å². The van der Waals surface area contributed by atoms with E-state index in [1.54, 1.807) is 11.4 Å². The van der Waals surface area contributed by atoms with E-state index in [0.29, 0.717) is 18.4 Å². The maximum Gasteiger partial charge on any atom is 0.252 e. The first kappa shape index (κ1) is 10.6. The minimum Gasteiger partial charge on any atom is -0.390 e. The van der Waals surface area contributed by atoms with E-state index >= 15 is 0 Å². The normalized spacial score (nSPS) is 30.4. The topological polar surface area (TPSA) is 69.6 Å². The summed E-state index contributed by atoms with van der Waals surface area (Å²) in [6, 6.07) is 1.41. The highest BCUT2D eigenvalue weighted by molar-refractivity contribution is 7.08. The molecule has 3 N–H and O–H groups in total. The van der Waals surface area contributed by atoms with Gasteiger partial charge in [0.1, 0.15) is 6.10 Å². The SMILES string of the molecule is O=C(N[C@@H]1CC[C@@H](O)[C@@H]1O)c1ccsc1. The molecule has 5 heteroatoms. The van der Waals surface area contributed by atoms with Crippen molar-refractivity contribution < 1.29 is 15.0 Å². The molecular formula is C10H13NO3S. The Bertz CT molecular complexity index is 338. The van der Waals surface area contributed by atoms with Gasteiger partial charge in [0.2, 0.25) is 0 Å². The van der Waals surface area contributed by atoms with Crippen LogP contribution in [0.15, 0.2) is 16.8 Å². The fraction of sp³-hybridized carbons (Fsp3) is 0.500. The van der Waals surface area contributed by atoms with Crippen LogP contribution in [-0.4, -0.2) is 34.4 Å². The zero-order chi connectivity index (χ0) is 10.8. The number of thiophene rings is 1. The first-order valence-corrected chi connectivity index (χ1v) is 5.82. The summed E-state index contributed by atoms with van der Waals surface area (Å²) in [5, 5.41) is 25.2. The van der Waals surface area contributed by atoms with Gasteiger partial charge in [-0.3, -0.25) is 4.79 Å². The lowest BCUT2D eigenvalue weighted by Gasteiger charge is -2.17. The number of amides is 1. The van der Waals surface area contributed by atoms with Gasteiger partial charge in [0.15, 0.2) is 0 Å². The van der Waals surface area contributed by atoms with Crippen molar-refractivity contribution in [2.24, 2.45) is 0 Å². The first-order valence-electron chi connectivity index (χ1n) is 4.87. The smallest absolute Gasteiger partial charge is 0.252 e. The zero-order valence-corrected chi connectivity index (χ0v) is 8.91. The Hall–Kier alpha value is -0.910. The molecule has 0 bridgehead atoms. The van der Waals surface area contributed by atoms with Crippen molar-refractivity contribution in [1.82, 2.24) is 5.32 Å². The highest BCUT2D eigenvalue weighted by Gasteiger charge is 2.34. The summed E-state index contributed by atoms with van der Waals surface area (Å²) in [4.78, 5) is 11.6. The van der Waals surface area contributed by atoms with Crippen LogP contribution in [0.25, 0.3) is 0 Å². The Morgan fingerprint density at radius 2 is 2.27 bits per heavy atom. The molecule has 1 aliphatic rings. The van der Waals surface area contributed by atoms with Crippen LogP contribution < -0.4 is 5.32 Å². The largest absolute Gasteiger partial charge is 0.390 e. The third-order valence-electron chi connectivity index (χ3n) is 2.68. The van der Waals surface area contributed by atoms with Crippen molar-refractivity contribution in [2.75, 3.05) is 0 Å². The highest BCUT2D eigenvalue weighted by Crippen LogP contribution is 2.20. The third-order valence-corrected chi connectivity index (χ3v) is 3.36. The molecule has 0 aliphatic heterocycles. The third kappa shape index (κ3) is 2.19. The van der Waals surface area contributed by atoms with Gasteiger partial charge < -0.3 is 15.5 Å². The van der Waals surface area contributed by atoms with Crippen molar-refractivity contribution in [3.63, 3.8) is 0 Å². The zero-order valence-electron chi connectivity index (χ0n) is 8.09. The number of rotatable bonds is 2. The van der Waals surface area contributed by atoms with Gasteiger partial charge in [-0.2, -0.15) is 11.3 Å². The van der Waals surface area contributed by atoms with Crippen LogP contribution in [0, 0.1) is 0 Å². The fourth-order valence-electron chi connectivity index (χ4n) is 1.76. The van der Waals surface area contributed by atoms with Gasteiger partial charge in [0, 0.05) is 10.9 Å². The van der Waals surface area contributed by atoms with Gasteiger partial charge in [-0.05, 0) is 24.3 Å². The Kier molecular flexibility index (Phi) is 3.04. The number of hydrogen-bond donors (Lipinski definition) is 3. The lowest BCUT2D eigenvalue weighted by molar-refractivity contribution is 0.0296. The van der Waals surface area contributed by atoms with Crippen LogP contribution >= 0.6 is 11.3 Å².